The van der Waals surface area contributed by atoms with Crippen LogP contribution < -0.4 is 24.4 Å². The zero-order chi connectivity index (χ0) is 27.4. The molecule has 0 saturated heterocycles. The van der Waals surface area contributed by atoms with Crippen LogP contribution in [0.1, 0.15) is 36.6 Å². The third-order valence-corrected chi connectivity index (χ3v) is 7.27. The molecule has 8 heteroatoms. The van der Waals surface area contributed by atoms with Crippen LogP contribution in [0.3, 0.4) is 0 Å². The number of hydrogen-bond acceptors (Lipinski definition) is 7. The second-order valence-corrected chi connectivity index (χ2v) is 9.69. The molecule has 2 heterocycles. The van der Waals surface area contributed by atoms with Gasteiger partial charge in [0.1, 0.15) is 11.5 Å². The number of fused-ring (bicyclic) bond motifs is 1. The number of nitrogens with zero attached hydrogens (tertiary/aromatic N) is 2. The number of hydrogen-bond donors (Lipinski definition) is 0. The minimum Gasteiger partial charge on any atom is -0.497 e. The summed E-state index contributed by atoms with van der Waals surface area (Å²) in [7, 11) is 1.58. The Hall–Kier alpha value is -4.43. The number of aromatic nitrogens is 1. The van der Waals surface area contributed by atoms with Crippen LogP contribution in [0.5, 0.6) is 11.5 Å². The van der Waals surface area contributed by atoms with Gasteiger partial charge in [-0.2, -0.15) is 0 Å². The van der Waals surface area contributed by atoms with Crippen LogP contribution in [-0.4, -0.2) is 30.9 Å². The number of carbonyl (C=O) groups is 1. The second kappa shape index (κ2) is 11.5. The van der Waals surface area contributed by atoms with E-state index in [0.29, 0.717) is 44.3 Å². The lowest BCUT2D eigenvalue weighted by Crippen LogP contribution is -2.40. The molecule has 1 aliphatic heterocycles. The molecular formula is C31H28N2O5S. The Morgan fingerprint density at radius 1 is 1.00 bits per heavy atom. The highest BCUT2D eigenvalue weighted by molar-refractivity contribution is 7.07. The Morgan fingerprint density at radius 3 is 2.51 bits per heavy atom. The molecule has 0 spiro atoms. The average molecular weight is 541 g/mol. The number of thiazole rings is 1. The first-order valence-corrected chi connectivity index (χ1v) is 13.5. The molecule has 4 aromatic rings. The highest BCUT2D eigenvalue weighted by atomic mass is 32.1. The van der Waals surface area contributed by atoms with Crippen molar-refractivity contribution >= 4 is 29.1 Å². The van der Waals surface area contributed by atoms with Crippen molar-refractivity contribution in [1.82, 2.24) is 4.57 Å². The van der Waals surface area contributed by atoms with Crippen molar-refractivity contribution in [1.29, 1.82) is 0 Å². The van der Waals surface area contributed by atoms with E-state index in [0.717, 1.165) is 11.1 Å². The summed E-state index contributed by atoms with van der Waals surface area (Å²) in [4.78, 5) is 32.9. The monoisotopic (exact) mass is 540 g/mol. The molecule has 198 valence electrons. The van der Waals surface area contributed by atoms with E-state index >= 15 is 0 Å². The fourth-order valence-corrected chi connectivity index (χ4v) is 5.59. The first-order valence-electron chi connectivity index (χ1n) is 12.7. The van der Waals surface area contributed by atoms with Gasteiger partial charge in [-0.05, 0) is 43.7 Å². The molecule has 0 unspecified atom stereocenters. The quantitative estimate of drug-likeness (QED) is 0.311. The van der Waals surface area contributed by atoms with Gasteiger partial charge in [0.2, 0.25) is 0 Å². The Kier molecular flexibility index (Phi) is 7.74. The summed E-state index contributed by atoms with van der Waals surface area (Å²) in [5.41, 5.74) is 2.77. The first-order chi connectivity index (χ1) is 19.0. The van der Waals surface area contributed by atoms with Gasteiger partial charge in [0, 0.05) is 11.1 Å². The van der Waals surface area contributed by atoms with Crippen LogP contribution in [0.25, 0.3) is 11.8 Å². The van der Waals surface area contributed by atoms with E-state index in [2.05, 4.69) is 0 Å². The molecule has 5 rings (SSSR count). The summed E-state index contributed by atoms with van der Waals surface area (Å²) in [6.45, 7) is 4.37. The van der Waals surface area contributed by atoms with Crippen LogP contribution in [0.15, 0.2) is 94.2 Å². The van der Waals surface area contributed by atoms with Gasteiger partial charge in [0.25, 0.3) is 5.56 Å². The fourth-order valence-electron chi connectivity index (χ4n) is 4.60. The molecule has 1 atom stereocenters. The van der Waals surface area contributed by atoms with Crippen LogP contribution in [0.2, 0.25) is 0 Å². The molecule has 0 saturated carbocycles. The number of carbonyl (C=O) groups excluding carboxylic acids is 1. The molecule has 1 aliphatic rings. The topological polar surface area (TPSA) is 79.1 Å². The maximum absolute atomic E-state index is 14.0. The lowest BCUT2D eigenvalue weighted by Gasteiger charge is -2.26. The third-order valence-electron chi connectivity index (χ3n) is 6.29. The molecular weight excluding hydrogens is 512 g/mol. The number of esters is 1. The minimum atomic E-state index is -0.769. The smallest absolute Gasteiger partial charge is 0.338 e. The Bertz CT molecular complexity index is 1720. The largest absolute Gasteiger partial charge is 0.497 e. The summed E-state index contributed by atoms with van der Waals surface area (Å²) in [5.74, 6) is 0.776. The molecule has 3 aromatic carbocycles. The Labute approximate surface area is 229 Å². The van der Waals surface area contributed by atoms with E-state index in [1.807, 2.05) is 91.9 Å². The highest BCUT2D eigenvalue weighted by Crippen LogP contribution is 2.36. The number of para-hydroxylation sites is 1. The first kappa shape index (κ1) is 26.2. The maximum Gasteiger partial charge on any atom is 0.338 e. The van der Waals surface area contributed by atoms with E-state index in [9.17, 15) is 9.59 Å². The molecule has 0 N–H and O–H groups in total. The zero-order valence-electron chi connectivity index (χ0n) is 21.9. The van der Waals surface area contributed by atoms with Crippen molar-refractivity contribution < 1.29 is 19.0 Å². The van der Waals surface area contributed by atoms with Crippen LogP contribution in [-0.2, 0) is 9.53 Å². The van der Waals surface area contributed by atoms with Crippen molar-refractivity contribution in [2.24, 2.45) is 4.99 Å². The van der Waals surface area contributed by atoms with Crippen LogP contribution in [0, 0.1) is 0 Å². The molecule has 39 heavy (non-hydrogen) atoms. The lowest BCUT2D eigenvalue weighted by molar-refractivity contribution is -0.138. The summed E-state index contributed by atoms with van der Waals surface area (Å²) in [6, 6.07) is 23.7. The Morgan fingerprint density at radius 2 is 1.77 bits per heavy atom. The summed E-state index contributed by atoms with van der Waals surface area (Å²) in [5, 5.41) is 0. The van der Waals surface area contributed by atoms with E-state index in [4.69, 9.17) is 19.2 Å². The van der Waals surface area contributed by atoms with Gasteiger partial charge < -0.3 is 14.2 Å². The molecule has 0 radical (unpaired) electrons. The third kappa shape index (κ3) is 5.15. The second-order valence-electron chi connectivity index (χ2n) is 8.68. The maximum atomic E-state index is 14.0. The molecule has 0 amide bonds. The fraction of sp³-hybridized carbons (Fsp3) is 0.194. The van der Waals surface area contributed by atoms with Crippen molar-refractivity contribution in [3.05, 3.63) is 121 Å². The van der Waals surface area contributed by atoms with Crippen molar-refractivity contribution in [2.75, 3.05) is 20.3 Å². The lowest BCUT2D eigenvalue weighted by atomic mass is 9.93. The van der Waals surface area contributed by atoms with Gasteiger partial charge in [-0.3, -0.25) is 9.36 Å². The predicted octanol–water partition coefficient (Wildman–Crippen LogP) is 4.34. The SMILES string of the molecule is CCOC(=O)C1=C(c2ccccc2)N=c2s/c(=C\c3ccccc3OCC)c(=O)n2[C@H]1c1cccc(OC)c1. The van der Waals surface area contributed by atoms with Gasteiger partial charge >= 0.3 is 5.97 Å². The van der Waals surface area contributed by atoms with Crippen molar-refractivity contribution in [2.45, 2.75) is 19.9 Å². The van der Waals surface area contributed by atoms with Gasteiger partial charge in [0.15, 0.2) is 4.80 Å². The molecule has 7 nitrogen and oxygen atoms in total. The van der Waals surface area contributed by atoms with E-state index < -0.39 is 12.0 Å². The normalized spacial score (nSPS) is 14.9. The van der Waals surface area contributed by atoms with Gasteiger partial charge in [0.05, 0.1) is 42.2 Å². The van der Waals surface area contributed by atoms with Gasteiger partial charge in [-0.25, -0.2) is 9.79 Å². The number of rotatable bonds is 8. The van der Waals surface area contributed by atoms with Crippen LogP contribution >= 0.6 is 11.3 Å². The summed E-state index contributed by atoms with van der Waals surface area (Å²) < 4.78 is 18.8. The average Bonchev–Trinajstić information content (AvgIpc) is 3.28. The summed E-state index contributed by atoms with van der Waals surface area (Å²) >= 11 is 1.27. The van der Waals surface area contributed by atoms with E-state index in [1.54, 1.807) is 18.6 Å². The standard InChI is InChI=1S/C31H28N2O5S/c1-4-37-24-17-10-9-14-21(24)19-25-29(34)33-28(22-15-11-16-23(18-22)36-3)26(30(35)38-5-2)27(32-31(33)39-25)20-12-7-6-8-13-20/h6-19,28H,4-5H2,1-3H3/b25-19-/t28-/m0/s1. The predicted molar refractivity (Wildman–Crippen MR) is 152 cm³/mol. The van der Waals surface area contributed by atoms with Gasteiger partial charge in [-0.15, -0.1) is 0 Å². The molecule has 0 bridgehead atoms. The minimum absolute atomic E-state index is 0.188. The molecule has 0 fully saturated rings. The number of ether oxygens (including phenoxy) is 3. The van der Waals surface area contributed by atoms with Crippen LogP contribution in [0.4, 0.5) is 0 Å². The zero-order valence-corrected chi connectivity index (χ0v) is 22.7. The number of benzene rings is 3. The van der Waals surface area contributed by atoms with Crippen molar-refractivity contribution in [3.63, 3.8) is 0 Å². The highest BCUT2D eigenvalue weighted by Gasteiger charge is 2.35. The van der Waals surface area contributed by atoms with E-state index in [1.165, 1.54) is 11.3 Å². The molecule has 0 aliphatic carbocycles. The summed E-state index contributed by atoms with van der Waals surface area (Å²) in [6.07, 6.45) is 1.81. The Balaban J connectivity index is 1.83. The van der Waals surface area contributed by atoms with E-state index in [-0.39, 0.29) is 12.2 Å². The molecule has 1 aromatic heterocycles. The number of methoxy groups -OCH3 is 1. The van der Waals surface area contributed by atoms with Crippen molar-refractivity contribution in [3.8, 4) is 11.5 Å². The van der Waals surface area contributed by atoms with Gasteiger partial charge in [-0.1, -0.05) is 72.0 Å².